The second-order valence-corrected chi connectivity index (χ2v) is 2.74. The van der Waals surface area contributed by atoms with Crippen LogP contribution < -0.4 is 11.1 Å². The van der Waals surface area contributed by atoms with Gasteiger partial charge in [-0.3, -0.25) is 0 Å². The number of H-pyrrole nitrogens is 1. The summed E-state index contributed by atoms with van der Waals surface area (Å²) in [6.07, 6.45) is 4.41. The van der Waals surface area contributed by atoms with E-state index < -0.39 is 0 Å². The van der Waals surface area contributed by atoms with E-state index in [1.54, 1.807) is 18.6 Å². The van der Waals surface area contributed by atoms with Crippen molar-refractivity contribution in [1.82, 2.24) is 19.9 Å². The lowest BCUT2D eigenvalue weighted by molar-refractivity contribution is 0.917. The standard InChI is InChI=1S/C8H10N6/c1-2-6(9)13-8-10-3-5-7(14-8)12-4-11-5/h2-4,6H,1,9H2,(H2,10,11,12,13,14). The predicted molar refractivity (Wildman–Crippen MR) is 53.5 cm³/mol. The summed E-state index contributed by atoms with van der Waals surface area (Å²) in [5.74, 6) is 0.453. The molecule has 2 rings (SSSR count). The monoisotopic (exact) mass is 190 g/mol. The number of aromatic amines is 1. The van der Waals surface area contributed by atoms with E-state index in [0.717, 1.165) is 5.52 Å². The van der Waals surface area contributed by atoms with Crippen LogP contribution in [0, 0.1) is 0 Å². The summed E-state index contributed by atoms with van der Waals surface area (Å²) in [6.45, 7) is 3.55. The van der Waals surface area contributed by atoms with Gasteiger partial charge in [0.15, 0.2) is 5.65 Å². The number of nitrogens with one attached hydrogen (secondary N) is 2. The molecule has 14 heavy (non-hydrogen) atoms. The van der Waals surface area contributed by atoms with E-state index in [2.05, 4.69) is 31.8 Å². The normalized spacial score (nSPS) is 12.6. The Morgan fingerprint density at radius 3 is 3.21 bits per heavy atom. The molecule has 0 aromatic carbocycles. The third kappa shape index (κ3) is 1.55. The van der Waals surface area contributed by atoms with Gasteiger partial charge in [0.25, 0.3) is 0 Å². The number of aromatic nitrogens is 4. The van der Waals surface area contributed by atoms with E-state index >= 15 is 0 Å². The Morgan fingerprint density at radius 2 is 2.43 bits per heavy atom. The van der Waals surface area contributed by atoms with Gasteiger partial charge in [0.1, 0.15) is 5.52 Å². The molecule has 0 radical (unpaired) electrons. The zero-order valence-electron chi connectivity index (χ0n) is 7.44. The van der Waals surface area contributed by atoms with E-state index in [1.165, 1.54) is 0 Å². The van der Waals surface area contributed by atoms with Crippen molar-refractivity contribution < 1.29 is 0 Å². The molecule has 6 heteroatoms. The second-order valence-electron chi connectivity index (χ2n) is 2.74. The summed E-state index contributed by atoms with van der Waals surface area (Å²) < 4.78 is 0. The molecule has 6 nitrogen and oxygen atoms in total. The van der Waals surface area contributed by atoms with Crippen molar-refractivity contribution in [2.75, 3.05) is 5.32 Å². The van der Waals surface area contributed by atoms with Crippen LogP contribution in [-0.2, 0) is 0 Å². The van der Waals surface area contributed by atoms with Gasteiger partial charge in [0.2, 0.25) is 5.95 Å². The van der Waals surface area contributed by atoms with Crippen molar-refractivity contribution in [1.29, 1.82) is 0 Å². The second kappa shape index (κ2) is 3.43. The highest BCUT2D eigenvalue weighted by atomic mass is 15.2. The van der Waals surface area contributed by atoms with E-state index in [9.17, 15) is 0 Å². The molecule has 1 unspecified atom stereocenters. The zero-order valence-corrected chi connectivity index (χ0v) is 7.44. The Balaban J connectivity index is 2.29. The SMILES string of the molecule is C=CC(N)Nc1ncc2nc[nH]c2n1. The molecule has 0 spiro atoms. The Labute approximate surface area is 80.3 Å². The maximum absolute atomic E-state index is 5.59. The van der Waals surface area contributed by atoms with Gasteiger partial charge in [-0.15, -0.1) is 0 Å². The summed E-state index contributed by atoms with van der Waals surface area (Å²) in [5, 5.41) is 2.86. The third-order valence-corrected chi connectivity index (χ3v) is 1.72. The van der Waals surface area contributed by atoms with Gasteiger partial charge in [-0.25, -0.2) is 9.97 Å². The maximum Gasteiger partial charge on any atom is 0.226 e. The van der Waals surface area contributed by atoms with Gasteiger partial charge >= 0.3 is 0 Å². The van der Waals surface area contributed by atoms with E-state index in [1.807, 2.05) is 0 Å². The molecule has 72 valence electrons. The molecule has 0 fully saturated rings. The fraction of sp³-hybridized carbons (Fsp3) is 0.125. The van der Waals surface area contributed by atoms with Gasteiger partial charge in [-0.05, 0) is 0 Å². The van der Waals surface area contributed by atoms with Crippen LogP contribution in [0.3, 0.4) is 0 Å². The van der Waals surface area contributed by atoms with E-state index in [0.29, 0.717) is 11.6 Å². The first-order chi connectivity index (χ1) is 6.79. The molecule has 2 aromatic rings. The van der Waals surface area contributed by atoms with Gasteiger partial charge in [0, 0.05) is 0 Å². The van der Waals surface area contributed by atoms with Gasteiger partial charge in [0.05, 0.1) is 18.7 Å². The van der Waals surface area contributed by atoms with Gasteiger partial charge in [-0.1, -0.05) is 12.7 Å². The van der Waals surface area contributed by atoms with Gasteiger partial charge in [-0.2, -0.15) is 4.98 Å². The van der Waals surface area contributed by atoms with Crippen LogP contribution in [0.4, 0.5) is 5.95 Å². The average molecular weight is 190 g/mol. The summed E-state index contributed by atoms with van der Waals surface area (Å²) in [5.41, 5.74) is 6.99. The predicted octanol–water partition coefficient (Wildman–Crippen LogP) is 0.236. The fourth-order valence-corrected chi connectivity index (χ4v) is 1.02. The van der Waals surface area contributed by atoms with Crippen LogP contribution in [0.15, 0.2) is 25.2 Å². The zero-order chi connectivity index (χ0) is 9.97. The highest BCUT2D eigenvalue weighted by Gasteiger charge is 2.02. The molecular weight excluding hydrogens is 180 g/mol. The minimum atomic E-state index is -0.352. The topological polar surface area (TPSA) is 92.5 Å². The highest BCUT2D eigenvalue weighted by molar-refractivity contribution is 5.69. The largest absolute Gasteiger partial charge is 0.336 e. The number of fused-ring (bicyclic) bond motifs is 1. The van der Waals surface area contributed by atoms with Crippen molar-refractivity contribution in [3.63, 3.8) is 0 Å². The minimum Gasteiger partial charge on any atom is -0.336 e. The summed E-state index contributed by atoms with van der Waals surface area (Å²) >= 11 is 0. The Morgan fingerprint density at radius 1 is 1.57 bits per heavy atom. The molecule has 0 aliphatic rings. The van der Waals surface area contributed by atoms with Crippen LogP contribution in [0.25, 0.3) is 11.2 Å². The number of hydrogen-bond acceptors (Lipinski definition) is 5. The van der Waals surface area contributed by atoms with Crippen LogP contribution in [0.1, 0.15) is 0 Å². The number of nitrogens with two attached hydrogens (primary N) is 1. The first-order valence-electron chi connectivity index (χ1n) is 4.10. The lowest BCUT2D eigenvalue weighted by atomic mass is 10.5. The number of nitrogens with zero attached hydrogens (tertiary/aromatic N) is 3. The van der Waals surface area contributed by atoms with Crippen LogP contribution in [0.5, 0.6) is 0 Å². The van der Waals surface area contributed by atoms with Crippen LogP contribution >= 0.6 is 0 Å². The Hall–Kier alpha value is -1.95. The van der Waals surface area contributed by atoms with E-state index in [4.69, 9.17) is 5.73 Å². The molecule has 2 heterocycles. The first kappa shape index (κ1) is 8.64. The molecule has 0 aliphatic carbocycles. The van der Waals surface area contributed by atoms with Crippen LogP contribution in [0.2, 0.25) is 0 Å². The summed E-state index contributed by atoms with van der Waals surface area (Å²) in [7, 11) is 0. The number of imidazole rings is 1. The van der Waals surface area contributed by atoms with Crippen molar-refractivity contribution in [3.8, 4) is 0 Å². The summed E-state index contributed by atoms with van der Waals surface area (Å²) in [4.78, 5) is 15.1. The third-order valence-electron chi connectivity index (χ3n) is 1.72. The highest BCUT2D eigenvalue weighted by Crippen LogP contribution is 2.06. The number of hydrogen-bond donors (Lipinski definition) is 3. The molecule has 0 amide bonds. The quantitative estimate of drug-likeness (QED) is 0.476. The lowest BCUT2D eigenvalue weighted by Crippen LogP contribution is -2.27. The van der Waals surface area contributed by atoms with Crippen LogP contribution in [-0.4, -0.2) is 26.1 Å². The fourth-order valence-electron chi connectivity index (χ4n) is 1.02. The molecule has 4 N–H and O–H groups in total. The number of anilines is 1. The number of rotatable bonds is 3. The molecule has 1 atom stereocenters. The molecule has 0 saturated carbocycles. The molecule has 0 bridgehead atoms. The molecular formula is C8H10N6. The molecule has 2 aromatic heterocycles. The van der Waals surface area contributed by atoms with Crippen molar-refractivity contribution in [2.24, 2.45) is 5.73 Å². The minimum absolute atomic E-state index is 0.352. The average Bonchev–Trinajstić information content (AvgIpc) is 2.64. The maximum atomic E-state index is 5.59. The van der Waals surface area contributed by atoms with Crippen molar-refractivity contribution >= 4 is 17.1 Å². The summed E-state index contributed by atoms with van der Waals surface area (Å²) in [6, 6.07) is 0. The van der Waals surface area contributed by atoms with E-state index in [-0.39, 0.29) is 6.17 Å². The Kier molecular flexibility index (Phi) is 2.11. The molecule has 0 aliphatic heterocycles. The Bertz CT molecular complexity index is 448. The van der Waals surface area contributed by atoms with Gasteiger partial charge < -0.3 is 16.0 Å². The van der Waals surface area contributed by atoms with Crippen molar-refractivity contribution in [2.45, 2.75) is 6.17 Å². The first-order valence-corrected chi connectivity index (χ1v) is 4.10. The smallest absolute Gasteiger partial charge is 0.226 e. The lowest BCUT2D eigenvalue weighted by Gasteiger charge is -2.07. The van der Waals surface area contributed by atoms with Crippen molar-refractivity contribution in [3.05, 3.63) is 25.2 Å². The molecule has 0 saturated heterocycles.